The van der Waals surface area contributed by atoms with Crippen molar-refractivity contribution in [2.24, 2.45) is 5.92 Å². The highest BCUT2D eigenvalue weighted by Crippen LogP contribution is 2.36. The van der Waals surface area contributed by atoms with Crippen molar-refractivity contribution >= 4 is 11.7 Å². The Balaban J connectivity index is 1.63. The maximum atomic E-state index is 12.5. The summed E-state index contributed by atoms with van der Waals surface area (Å²) in [5, 5.41) is 12.5. The molecule has 2 amide bonds. The maximum Gasteiger partial charge on any atom is 0.322 e. The van der Waals surface area contributed by atoms with Gasteiger partial charge in [0.1, 0.15) is 0 Å². The standard InChI is InChI=1S/C17H24N2O2/c1-12(20)13-6-8-15(9-7-13)18-17(21)19-11-10-14-4-2-3-5-16(14)19/h6-9,12,14,16,20H,2-5,10-11H2,1H3,(H,18,21). The monoisotopic (exact) mass is 288 g/mol. The highest BCUT2D eigenvalue weighted by molar-refractivity contribution is 5.89. The SMILES string of the molecule is CC(O)c1ccc(NC(=O)N2CCC3CCCCC32)cc1. The predicted molar refractivity (Wildman–Crippen MR) is 83.2 cm³/mol. The van der Waals surface area contributed by atoms with Crippen LogP contribution in [0.25, 0.3) is 0 Å². The largest absolute Gasteiger partial charge is 0.389 e. The first-order valence-corrected chi connectivity index (χ1v) is 8.01. The zero-order valence-corrected chi connectivity index (χ0v) is 12.6. The average molecular weight is 288 g/mol. The molecule has 2 aliphatic rings. The Bertz CT molecular complexity index is 498. The van der Waals surface area contributed by atoms with Gasteiger partial charge in [-0.05, 0) is 49.8 Å². The van der Waals surface area contributed by atoms with Crippen LogP contribution in [0.3, 0.4) is 0 Å². The number of amides is 2. The van der Waals surface area contributed by atoms with E-state index in [9.17, 15) is 9.90 Å². The minimum absolute atomic E-state index is 0.0224. The Morgan fingerprint density at radius 3 is 2.67 bits per heavy atom. The van der Waals surface area contributed by atoms with Crippen molar-refractivity contribution in [3.63, 3.8) is 0 Å². The van der Waals surface area contributed by atoms with E-state index in [1.807, 2.05) is 29.2 Å². The third kappa shape index (κ3) is 3.05. The van der Waals surface area contributed by atoms with Crippen molar-refractivity contribution in [2.75, 3.05) is 11.9 Å². The van der Waals surface area contributed by atoms with Gasteiger partial charge in [-0.1, -0.05) is 25.0 Å². The zero-order chi connectivity index (χ0) is 14.8. The summed E-state index contributed by atoms with van der Waals surface area (Å²) >= 11 is 0. The predicted octanol–water partition coefficient (Wildman–Crippen LogP) is 3.54. The topological polar surface area (TPSA) is 52.6 Å². The number of nitrogens with zero attached hydrogens (tertiary/aromatic N) is 1. The molecule has 1 aromatic carbocycles. The van der Waals surface area contributed by atoms with Crippen LogP contribution in [0.2, 0.25) is 0 Å². The number of urea groups is 1. The van der Waals surface area contributed by atoms with Crippen molar-refractivity contribution in [3.8, 4) is 0 Å². The van der Waals surface area contributed by atoms with Crippen LogP contribution >= 0.6 is 0 Å². The second-order valence-corrected chi connectivity index (χ2v) is 6.32. The number of aliphatic hydroxyl groups excluding tert-OH is 1. The van der Waals surface area contributed by atoms with E-state index < -0.39 is 6.10 Å². The van der Waals surface area contributed by atoms with Crippen molar-refractivity contribution in [1.82, 2.24) is 4.90 Å². The minimum Gasteiger partial charge on any atom is -0.389 e. The summed E-state index contributed by atoms with van der Waals surface area (Å²) in [7, 11) is 0. The number of aliphatic hydroxyl groups is 1. The minimum atomic E-state index is -0.476. The van der Waals surface area contributed by atoms with Crippen LogP contribution in [0.5, 0.6) is 0 Å². The van der Waals surface area contributed by atoms with Gasteiger partial charge in [-0.2, -0.15) is 0 Å². The summed E-state index contributed by atoms with van der Waals surface area (Å²) in [6.07, 6.45) is 5.66. The van der Waals surface area contributed by atoms with Gasteiger partial charge in [-0.15, -0.1) is 0 Å². The van der Waals surface area contributed by atoms with E-state index in [4.69, 9.17) is 0 Å². The Morgan fingerprint density at radius 2 is 1.95 bits per heavy atom. The highest BCUT2D eigenvalue weighted by atomic mass is 16.3. The Labute approximate surface area is 126 Å². The van der Waals surface area contributed by atoms with Gasteiger partial charge < -0.3 is 15.3 Å². The molecule has 0 aromatic heterocycles. The fourth-order valence-corrected chi connectivity index (χ4v) is 3.70. The summed E-state index contributed by atoms with van der Waals surface area (Å²) in [6.45, 7) is 2.62. The van der Waals surface area contributed by atoms with Crippen LogP contribution in [0.1, 0.15) is 50.7 Å². The van der Waals surface area contributed by atoms with Gasteiger partial charge in [0, 0.05) is 18.3 Å². The molecule has 3 unspecified atom stereocenters. The lowest BCUT2D eigenvalue weighted by atomic mass is 9.85. The van der Waals surface area contributed by atoms with Crippen molar-refractivity contribution in [2.45, 2.75) is 51.2 Å². The second kappa shape index (κ2) is 6.06. The Morgan fingerprint density at radius 1 is 1.24 bits per heavy atom. The molecule has 3 atom stereocenters. The number of likely N-dealkylation sites (tertiary alicyclic amines) is 1. The van der Waals surface area contributed by atoms with Crippen molar-refractivity contribution in [3.05, 3.63) is 29.8 Å². The van der Waals surface area contributed by atoms with Crippen LogP contribution in [-0.2, 0) is 0 Å². The third-order valence-electron chi connectivity index (χ3n) is 4.92. The first-order chi connectivity index (χ1) is 10.1. The normalized spacial score (nSPS) is 26.3. The van der Waals surface area contributed by atoms with E-state index in [0.717, 1.165) is 30.6 Å². The van der Waals surface area contributed by atoms with Gasteiger partial charge in [0.05, 0.1) is 6.10 Å². The lowest BCUT2D eigenvalue weighted by molar-refractivity contribution is 0.182. The van der Waals surface area contributed by atoms with Crippen molar-refractivity contribution in [1.29, 1.82) is 0 Å². The number of carbonyl (C=O) groups is 1. The van der Waals surface area contributed by atoms with Gasteiger partial charge in [0.25, 0.3) is 0 Å². The fourth-order valence-electron chi connectivity index (χ4n) is 3.70. The van der Waals surface area contributed by atoms with Crippen LogP contribution in [0, 0.1) is 5.92 Å². The number of rotatable bonds is 2. The molecule has 0 radical (unpaired) electrons. The molecule has 1 aromatic rings. The Hall–Kier alpha value is -1.55. The smallest absolute Gasteiger partial charge is 0.322 e. The van der Waals surface area contributed by atoms with Gasteiger partial charge in [0.2, 0.25) is 0 Å². The molecule has 4 heteroatoms. The van der Waals surface area contributed by atoms with E-state index in [-0.39, 0.29) is 6.03 Å². The summed E-state index contributed by atoms with van der Waals surface area (Å²) in [5.41, 5.74) is 1.66. The summed E-state index contributed by atoms with van der Waals surface area (Å²) in [4.78, 5) is 14.5. The second-order valence-electron chi connectivity index (χ2n) is 6.32. The third-order valence-corrected chi connectivity index (χ3v) is 4.92. The molecule has 2 N–H and O–H groups in total. The average Bonchev–Trinajstić information content (AvgIpc) is 2.92. The molecule has 0 spiro atoms. The first kappa shape index (κ1) is 14.4. The lowest BCUT2D eigenvalue weighted by Crippen LogP contribution is -2.41. The Kier molecular flexibility index (Phi) is 4.15. The van der Waals surface area contributed by atoms with E-state index in [2.05, 4.69) is 5.32 Å². The molecule has 1 aliphatic heterocycles. The molecule has 114 valence electrons. The number of anilines is 1. The fraction of sp³-hybridized carbons (Fsp3) is 0.588. The number of hydrogen-bond donors (Lipinski definition) is 2. The molecule has 4 nitrogen and oxygen atoms in total. The number of carbonyl (C=O) groups excluding carboxylic acids is 1. The summed E-state index contributed by atoms with van der Waals surface area (Å²) < 4.78 is 0. The highest BCUT2D eigenvalue weighted by Gasteiger charge is 2.38. The van der Waals surface area contributed by atoms with Gasteiger partial charge in [0.15, 0.2) is 0 Å². The molecule has 1 saturated heterocycles. The molecular formula is C17H24N2O2. The molecule has 1 saturated carbocycles. The van der Waals surface area contributed by atoms with Crippen LogP contribution < -0.4 is 5.32 Å². The van der Waals surface area contributed by atoms with Gasteiger partial charge in [-0.3, -0.25) is 0 Å². The summed E-state index contributed by atoms with van der Waals surface area (Å²) in [5.74, 6) is 0.710. The molecule has 2 fully saturated rings. The van der Waals surface area contributed by atoms with Gasteiger partial charge in [-0.25, -0.2) is 4.79 Å². The molecule has 21 heavy (non-hydrogen) atoms. The number of fused-ring (bicyclic) bond motifs is 1. The maximum absolute atomic E-state index is 12.5. The van der Waals surface area contributed by atoms with Crippen LogP contribution in [0.15, 0.2) is 24.3 Å². The zero-order valence-electron chi connectivity index (χ0n) is 12.6. The lowest BCUT2D eigenvalue weighted by Gasteiger charge is -2.31. The van der Waals surface area contributed by atoms with Gasteiger partial charge >= 0.3 is 6.03 Å². The molecule has 0 bridgehead atoms. The molecule has 1 heterocycles. The van der Waals surface area contributed by atoms with Crippen molar-refractivity contribution < 1.29 is 9.90 Å². The van der Waals surface area contributed by atoms with E-state index >= 15 is 0 Å². The number of benzene rings is 1. The molecule has 1 aliphatic carbocycles. The number of hydrogen-bond acceptors (Lipinski definition) is 2. The van der Waals surface area contributed by atoms with Crippen LogP contribution in [0.4, 0.5) is 10.5 Å². The molecule has 3 rings (SSSR count). The molecular weight excluding hydrogens is 264 g/mol. The number of nitrogens with one attached hydrogen (secondary N) is 1. The quantitative estimate of drug-likeness (QED) is 0.874. The van der Waals surface area contributed by atoms with Crippen LogP contribution in [-0.4, -0.2) is 28.6 Å². The first-order valence-electron chi connectivity index (χ1n) is 8.01. The van der Waals surface area contributed by atoms with E-state index in [1.54, 1.807) is 6.92 Å². The van der Waals surface area contributed by atoms with E-state index in [0.29, 0.717) is 12.0 Å². The van der Waals surface area contributed by atoms with E-state index in [1.165, 1.54) is 19.3 Å². The summed E-state index contributed by atoms with van der Waals surface area (Å²) in [6, 6.07) is 7.88.